The molecule has 0 unspecified atom stereocenters. The van der Waals surface area contributed by atoms with Gasteiger partial charge in [0.05, 0.1) is 11.9 Å². The van der Waals surface area contributed by atoms with Crippen molar-refractivity contribution >= 4 is 12.2 Å². The second-order valence-electron chi connectivity index (χ2n) is 2.49. The average molecular weight is 180 g/mol. The van der Waals surface area contributed by atoms with Gasteiger partial charge in [-0.15, -0.1) is 0 Å². The molecule has 5 nitrogen and oxygen atoms in total. The van der Waals surface area contributed by atoms with E-state index in [4.69, 9.17) is 0 Å². The summed E-state index contributed by atoms with van der Waals surface area (Å²) >= 11 is 0. The first-order valence-corrected chi connectivity index (χ1v) is 3.86. The Kier molecular flexibility index (Phi) is 3.08. The van der Waals surface area contributed by atoms with Crippen molar-refractivity contribution in [1.29, 1.82) is 0 Å². The number of rotatable bonds is 2. The molecule has 0 radical (unpaired) electrons. The topological polar surface area (TPSA) is 58.4 Å². The Morgan fingerprint density at radius 2 is 2.46 bits per heavy atom. The van der Waals surface area contributed by atoms with Crippen LogP contribution in [0.1, 0.15) is 5.69 Å². The summed E-state index contributed by atoms with van der Waals surface area (Å²) in [5.41, 5.74) is 3.23. The molecule has 0 aliphatic rings. The number of hydrogen-bond donors (Lipinski definition) is 2. The van der Waals surface area contributed by atoms with Crippen LogP contribution in [0.4, 0.5) is 4.79 Å². The summed E-state index contributed by atoms with van der Waals surface area (Å²) < 4.78 is 1.90. The monoisotopic (exact) mass is 180 g/mol. The van der Waals surface area contributed by atoms with E-state index in [1.165, 1.54) is 7.05 Å². The van der Waals surface area contributed by atoms with Gasteiger partial charge in [0.25, 0.3) is 0 Å². The van der Waals surface area contributed by atoms with Gasteiger partial charge in [-0.3, -0.25) is 0 Å². The van der Waals surface area contributed by atoms with E-state index >= 15 is 0 Å². The number of nitrogens with zero attached hydrogens (tertiary/aromatic N) is 2. The van der Waals surface area contributed by atoms with Crippen molar-refractivity contribution in [2.75, 3.05) is 7.05 Å². The minimum Gasteiger partial charge on any atom is -0.350 e. The zero-order valence-corrected chi connectivity index (χ0v) is 7.61. The molecule has 1 rings (SSSR count). The van der Waals surface area contributed by atoms with Gasteiger partial charge >= 0.3 is 6.03 Å². The molecule has 2 amide bonds. The van der Waals surface area contributed by atoms with Crippen molar-refractivity contribution in [3.63, 3.8) is 0 Å². The van der Waals surface area contributed by atoms with E-state index in [-0.39, 0.29) is 6.03 Å². The molecule has 0 saturated heterocycles. The van der Waals surface area contributed by atoms with E-state index < -0.39 is 0 Å². The van der Waals surface area contributed by atoms with Crippen molar-refractivity contribution in [3.8, 4) is 0 Å². The maximum Gasteiger partial charge on any atom is 0.334 e. The SMILES string of the molecule is CNC(=O)N/N=C/c1cccn1C. The highest BCUT2D eigenvalue weighted by Gasteiger charge is 1.92. The van der Waals surface area contributed by atoms with Crippen LogP contribution >= 0.6 is 0 Å². The lowest BCUT2D eigenvalue weighted by atomic mass is 10.5. The van der Waals surface area contributed by atoms with Crippen LogP contribution in [0.2, 0.25) is 0 Å². The standard InChI is InChI=1S/C8H12N4O/c1-9-8(13)11-10-6-7-4-3-5-12(7)2/h3-6H,1-2H3,(H2,9,11,13)/b10-6+. The van der Waals surface area contributed by atoms with Gasteiger partial charge in [0.2, 0.25) is 0 Å². The molecule has 70 valence electrons. The Morgan fingerprint density at radius 3 is 3.00 bits per heavy atom. The van der Waals surface area contributed by atoms with Crippen LogP contribution in [0.25, 0.3) is 0 Å². The van der Waals surface area contributed by atoms with E-state index in [2.05, 4.69) is 15.8 Å². The molecule has 0 aliphatic carbocycles. The first-order chi connectivity index (χ1) is 6.24. The van der Waals surface area contributed by atoms with Crippen LogP contribution < -0.4 is 10.7 Å². The molecule has 1 aromatic heterocycles. The predicted molar refractivity (Wildman–Crippen MR) is 50.6 cm³/mol. The molecular weight excluding hydrogens is 168 g/mol. The van der Waals surface area contributed by atoms with Gasteiger partial charge in [-0.2, -0.15) is 5.10 Å². The lowest BCUT2D eigenvalue weighted by molar-refractivity contribution is 0.243. The molecule has 1 heterocycles. The Hall–Kier alpha value is -1.78. The highest BCUT2D eigenvalue weighted by atomic mass is 16.2. The molecular formula is C8H12N4O. The summed E-state index contributed by atoms with van der Waals surface area (Å²) in [6.07, 6.45) is 3.48. The smallest absolute Gasteiger partial charge is 0.334 e. The van der Waals surface area contributed by atoms with Gasteiger partial charge in [0, 0.05) is 20.3 Å². The van der Waals surface area contributed by atoms with Crippen LogP contribution in [0.3, 0.4) is 0 Å². The van der Waals surface area contributed by atoms with Crippen LogP contribution in [0.15, 0.2) is 23.4 Å². The Morgan fingerprint density at radius 1 is 1.69 bits per heavy atom. The summed E-state index contributed by atoms with van der Waals surface area (Å²) in [5, 5.41) is 6.13. The quantitative estimate of drug-likeness (QED) is 0.498. The molecule has 0 bridgehead atoms. The number of carbonyl (C=O) groups excluding carboxylic acids is 1. The summed E-state index contributed by atoms with van der Waals surface area (Å²) in [4.78, 5) is 10.7. The molecule has 0 aliphatic heterocycles. The third-order valence-corrected chi connectivity index (χ3v) is 1.57. The Labute approximate surface area is 76.4 Å². The van der Waals surface area contributed by atoms with Crippen LogP contribution in [-0.2, 0) is 7.05 Å². The second kappa shape index (κ2) is 4.30. The largest absolute Gasteiger partial charge is 0.350 e. The van der Waals surface area contributed by atoms with Crippen molar-refractivity contribution in [2.45, 2.75) is 0 Å². The highest BCUT2D eigenvalue weighted by molar-refractivity contribution is 5.80. The maximum atomic E-state index is 10.7. The molecule has 0 atom stereocenters. The van der Waals surface area contributed by atoms with E-state index in [1.807, 2.05) is 29.9 Å². The highest BCUT2D eigenvalue weighted by Crippen LogP contribution is 1.94. The first-order valence-electron chi connectivity index (χ1n) is 3.86. The first kappa shape index (κ1) is 9.31. The third kappa shape index (κ3) is 2.62. The van der Waals surface area contributed by atoms with E-state index in [9.17, 15) is 4.79 Å². The van der Waals surface area contributed by atoms with Gasteiger partial charge < -0.3 is 9.88 Å². The fourth-order valence-corrected chi connectivity index (χ4v) is 0.821. The predicted octanol–water partition coefficient (Wildman–Crippen LogP) is 0.288. The zero-order valence-electron chi connectivity index (χ0n) is 7.61. The molecule has 13 heavy (non-hydrogen) atoms. The molecule has 0 spiro atoms. The Bertz CT molecular complexity index is 316. The number of nitrogens with one attached hydrogen (secondary N) is 2. The number of aryl methyl sites for hydroxylation is 1. The Balaban J connectivity index is 2.50. The van der Waals surface area contributed by atoms with Crippen LogP contribution in [0.5, 0.6) is 0 Å². The van der Waals surface area contributed by atoms with Crippen LogP contribution in [-0.4, -0.2) is 23.9 Å². The second-order valence-corrected chi connectivity index (χ2v) is 2.49. The summed E-state index contributed by atoms with van der Waals surface area (Å²) in [6.45, 7) is 0. The molecule has 5 heteroatoms. The number of urea groups is 1. The minimum absolute atomic E-state index is 0.328. The molecule has 2 N–H and O–H groups in total. The summed E-state index contributed by atoms with van der Waals surface area (Å²) in [6, 6.07) is 3.47. The average Bonchev–Trinajstić information content (AvgIpc) is 2.52. The van der Waals surface area contributed by atoms with Gasteiger partial charge in [0.15, 0.2) is 0 Å². The fourth-order valence-electron chi connectivity index (χ4n) is 0.821. The van der Waals surface area contributed by atoms with Gasteiger partial charge in [-0.1, -0.05) is 0 Å². The van der Waals surface area contributed by atoms with Crippen molar-refractivity contribution in [1.82, 2.24) is 15.3 Å². The molecule has 0 fully saturated rings. The number of carbonyl (C=O) groups is 1. The minimum atomic E-state index is -0.328. The molecule has 0 aromatic carbocycles. The number of aromatic nitrogens is 1. The lowest BCUT2D eigenvalue weighted by Gasteiger charge is -1.97. The van der Waals surface area contributed by atoms with Crippen LogP contribution in [0, 0.1) is 0 Å². The van der Waals surface area contributed by atoms with Gasteiger partial charge in [-0.25, -0.2) is 10.2 Å². The molecule has 0 saturated carbocycles. The van der Waals surface area contributed by atoms with Crippen molar-refractivity contribution in [3.05, 3.63) is 24.0 Å². The lowest BCUT2D eigenvalue weighted by Crippen LogP contribution is -2.28. The third-order valence-electron chi connectivity index (χ3n) is 1.57. The maximum absolute atomic E-state index is 10.7. The zero-order chi connectivity index (χ0) is 9.68. The molecule has 1 aromatic rings. The van der Waals surface area contributed by atoms with E-state index in [1.54, 1.807) is 6.21 Å². The van der Waals surface area contributed by atoms with E-state index in [0.717, 1.165) is 5.69 Å². The van der Waals surface area contributed by atoms with Crippen molar-refractivity contribution < 1.29 is 4.79 Å². The fraction of sp³-hybridized carbons (Fsp3) is 0.250. The van der Waals surface area contributed by atoms with Crippen molar-refractivity contribution in [2.24, 2.45) is 12.1 Å². The summed E-state index contributed by atoms with van der Waals surface area (Å²) in [5.74, 6) is 0. The van der Waals surface area contributed by atoms with Gasteiger partial charge in [-0.05, 0) is 12.1 Å². The normalized spacial score (nSPS) is 10.3. The van der Waals surface area contributed by atoms with E-state index in [0.29, 0.717) is 0 Å². The summed E-state index contributed by atoms with van der Waals surface area (Å²) in [7, 11) is 3.44. The number of amides is 2. The number of hydrazone groups is 1. The number of hydrogen-bond acceptors (Lipinski definition) is 2. The van der Waals surface area contributed by atoms with Gasteiger partial charge in [0.1, 0.15) is 0 Å².